The minimum absolute atomic E-state index is 0.00688. The second kappa shape index (κ2) is 8.26. The van der Waals surface area contributed by atoms with E-state index >= 15 is 0 Å². The largest absolute Gasteiger partial charge is 0.361 e. The number of thiophene rings is 1. The Morgan fingerprint density at radius 1 is 1.21 bits per heavy atom. The Hall–Kier alpha value is -2.22. The van der Waals surface area contributed by atoms with E-state index in [9.17, 15) is 4.79 Å². The minimum Gasteiger partial charge on any atom is -0.361 e. The number of piperidine rings is 1. The van der Waals surface area contributed by atoms with E-state index in [0.29, 0.717) is 6.04 Å². The number of amides is 1. The molecule has 1 atom stereocenters. The molecule has 7 heteroatoms. The summed E-state index contributed by atoms with van der Waals surface area (Å²) in [6.45, 7) is 3.13. The molecule has 1 saturated heterocycles. The predicted molar refractivity (Wildman–Crippen MR) is 121 cm³/mol. The van der Waals surface area contributed by atoms with Crippen LogP contribution in [0.4, 0.5) is 0 Å². The van der Waals surface area contributed by atoms with Crippen molar-refractivity contribution in [3.05, 3.63) is 70.0 Å². The fourth-order valence-electron chi connectivity index (χ4n) is 4.22. The van der Waals surface area contributed by atoms with Crippen LogP contribution in [0.2, 0.25) is 0 Å². The number of hydrogen-bond acceptors (Lipinski definition) is 5. The van der Waals surface area contributed by atoms with Crippen molar-refractivity contribution < 1.29 is 4.79 Å². The maximum Gasteiger partial charge on any atom is 0.254 e. The van der Waals surface area contributed by atoms with Gasteiger partial charge in [-0.15, -0.1) is 0 Å². The summed E-state index contributed by atoms with van der Waals surface area (Å²) in [5.74, 6) is 0.00854. The van der Waals surface area contributed by atoms with Gasteiger partial charge in [0.2, 0.25) is 0 Å². The summed E-state index contributed by atoms with van der Waals surface area (Å²) in [7, 11) is 0. The summed E-state index contributed by atoms with van der Waals surface area (Å²) in [6.07, 6.45) is 6.51. The number of fused-ring (bicyclic) bond motifs is 1. The van der Waals surface area contributed by atoms with Gasteiger partial charge in [-0.1, -0.05) is 30.0 Å². The normalized spacial score (nSPS) is 20.6. The van der Waals surface area contributed by atoms with Gasteiger partial charge in [-0.3, -0.25) is 9.69 Å². The lowest BCUT2D eigenvalue weighted by Crippen LogP contribution is -2.49. The zero-order valence-electron chi connectivity index (χ0n) is 16.1. The molecule has 1 amide bonds. The van der Waals surface area contributed by atoms with Crippen LogP contribution < -0.4 is 5.32 Å². The Morgan fingerprint density at radius 3 is 2.90 bits per heavy atom. The van der Waals surface area contributed by atoms with E-state index in [1.165, 1.54) is 16.5 Å². The molecule has 2 aromatic heterocycles. The lowest BCUT2D eigenvalue weighted by Gasteiger charge is -2.39. The third-order valence-electron chi connectivity index (χ3n) is 5.80. The van der Waals surface area contributed by atoms with Crippen molar-refractivity contribution in [3.8, 4) is 0 Å². The van der Waals surface area contributed by atoms with Crippen LogP contribution in [0.25, 0.3) is 10.9 Å². The maximum atomic E-state index is 12.4. The first-order chi connectivity index (χ1) is 14.3. The molecule has 150 valence electrons. The van der Waals surface area contributed by atoms with Crippen LogP contribution in [0.3, 0.4) is 0 Å². The Balaban J connectivity index is 1.18. The number of H-pyrrole nitrogens is 1. The Labute approximate surface area is 178 Å². The third-order valence-corrected chi connectivity index (χ3v) is 7.38. The molecular formula is C22H24N4OS2. The molecule has 1 fully saturated rings. The number of hydrogen-bond donors (Lipinski definition) is 2. The quantitative estimate of drug-likeness (QED) is 0.636. The Kier molecular flexibility index (Phi) is 5.35. The summed E-state index contributed by atoms with van der Waals surface area (Å²) in [5.41, 5.74) is 3.32. The summed E-state index contributed by atoms with van der Waals surface area (Å²) in [5, 5.41) is 10.4. The minimum atomic E-state index is -0.00688. The lowest BCUT2D eigenvalue weighted by molar-refractivity contribution is 0.0875. The van der Waals surface area contributed by atoms with E-state index in [4.69, 9.17) is 0 Å². The second-order valence-electron chi connectivity index (χ2n) is 7.57. The fourth-order valence-corrected chi connectivity index (χ4v) is 5.77. The molecule has 0 aliphatic carbocycles. The van der Waals surface area contributed by atoms with E-state index in [1.54, 1.807) is 23.1 Å². The summed E-state index contributed by atoms with van der Waals surface area (Å²) >= 11 is 3.23. The van der Waals surface area contributed by atoms with Gasteiger partial charge >= 0.3 is 0 Å². The van der Waals surface area contributed by atoms with E-state index in [2.05, 4.69) is 62.2 Å². The van der Waals surface area contributed by atoms with Crippen LogP contribution in [0.1, 0.15) is 28.8 Å². The molecular weight excluding hydrogens is 400 g/mol. The number of nitrogens with zero attached hydrogens (tertiary/aromatic N) is 2. The highest BCUT2D eigenvalue weighted by molar-refractivity contribution is 8.02. The number of likely N-dealkylation sites (tertiary alicyclic amines) is 1. The number of thioether (sulfide) groups is 1. The average molecular weight is 425 g/mol. The number of nitrogens with one attached hydrogen (secondary N) is 2. The van der Waals surface area contributed by atoms with Crippen LogP contribution in [0.15, 0.2) is 58.9 Å². The van der Waals surface area contributed by atoms with Crippen LogP contribution in [-0.4, -0.2) is 45.3 Å². The maximum absolute atomic E-state index is 12.4. The zero-order valence-corrected chi connectivity index (χ0v) is 17.7. The van der Waals surface area contributed by atoms with Gasteiger partial charge < -0.3 is 15.2 Å². The molecule has 0 spiro atoms. The van der Waals surface area contributed by atoms with Crippen LogP contribution in [0.5, 0.6) is 0 Å². The first-order valence-corrected chi connectivity index (χ1v) is 11.9. The number of benzene rings is 1. The van der Waals surface area contributed by atoms with E-state index in [-0.39, 0.29) is 11.4 Å². The van der Waals surface area contributed by atoms with Crippen molar-refractivity contribution in [1.29, 1.82) is 0 Å². The molecule has 2 aliphatic heterocycles. The monoisotopic (exact) mass is 424 g/mol. The van der Waals surface area contributed by atoms with Crippen LogP contribution >= 0.6 is 23.1 Å². The van der Waals surface area contributed by atoms with E-state index in [1.807, 2.05) is 16.8 Å². The lowest BCUT2D eigenvalue weighted by atomic mass is 10.0. The molecule has 29 heavy (non-hydrogen) atoms. The third kappa shape index (κ3) is 3.95. The number of aromatic amines is 1. The molecule has 4 heterocycles. The van der Waals surface area contributed by atoms with Gasteiger partial charge in [0, 0.05) is 54.4 Å². The first kappa shape index (κ1) is 18.8. The van der Waals surface area contributed by atoms with Gasteiger partial charge in [-0.2, -0.15) is 11.3 Å². The first-order valence-electron chi connectivity index (χ1n) is 9.98. The second-order valence-corrected chi connectivity index (χ2v) is 9.34. The highest BCUT2D eigenvalue weighted by atomic mass is 32.2. The molecule has 2 N–H and O–H groups in total. The van der Waals surface area contributed by atoms with E-state index < -0.39 is 0 Å². The van der Waals surface area contributed by atoms with Gasteiger partial charge in [0.05, 0.1) is 5.56 Å². The molecule has 0 saturated carbocycles. The highest BCUT2D eigenvalue weighted by Crippen LogP contribution is 2.30. The van der Waals surface area contributed by atoms with Gasteiger partial charge in [0.15, 0.2) is 5.50 Å². The SMILES string of the molecule is O=C(NC1SC=CN1C1CCN(Cc2c[nH]c3ccccc23)CC1)c1ccsc1. The highest BCUT2D eigenvalue weighted by Gasteiger charge is 2.31. The molecule has 5 nitrogen and oxygen atoms in total. The van der Waals surface area contributed by atoms with Crippen molar-refractivity contribution in [2.75, 3.05) is 13.1 Å². The fraction of sp³-hybridized carbons (Fsp3) is 0.318. The summed E-state index contributed by atoms with van der Waals surface area (Å²) in [4.78, 5) is 20.7. The Bertz CT molecular complexity index is 1000. The molecule has 0 bridgehead atoms. The van der Waals surface area contributed by atoms with Crippen LogP contribution in [0, 0.1) is 0 Å². The van der Waals surface area contributed by atoms with Crippen molar-refractivity contribution in [2.24, 2.45) is 0 Å². The number of carbonyl (C=O) groups excluding carboxylic acids is 1. The molecule has 0 radical (unpaired) electrons. The van der Waals surface area contributed by atoms with Gasteiger partial charge in [-0.05, 0) is 41.3 Å². The molecule has 1 aromatic carbocycles. The van der Waals surface area contributed by atoms with Gasteiger partial charge in [0.25, 0.3) is 5.91 Å². The Morgan fingerprint density at radius 2 is 2.07 bits per heavy atom. The average Bonchev–Trinajstić information content (AvgIpc) is 3.50. The van der Waals surface area contributed by atoms with E-state index in [0.717, 1.165) is 38.0 Å². The number of rotatable bonds is 5. The summed E-state index contributed by atoms with van der Waals surface area (Å²) < 4.78 is 0. The predicted octanol–water partition coefficient (Wildman–Crippen LogP) is 4.43. The number of aromatic nitrogens is 1. The number of carbonyl (C=O) groups is 1. The van der Waals surface area contributed by atoms with Gasteiger partial charge in [0.1, 0.15) is 0 Å². The zero-order chi connectivity index (χ0) is 19.6. The molecule has 3 aromatic rings. The van der Waals surface area contributed by atoms with Crippen molar-refractivity contribution >= 4 is 39.9 Å². The standard InChI is InChI=1S/C22H24N4OS2/c27-21(16-7-11-28-15-16)24-22-26(10-12-29-22)18-5-8-25(9-6-18)14-17-13-23-20-4-2-1-3-19(17)20/h1-4,7,10-13,15,18,22-23H,5-6,8-9,14H2,(H,24,27). The smallest absolute Gasteiger partial charge is 0.254 e. The molecule has 1 unspecified atom stereocenters. The molecule has 5 rings (SSSR count). The summed E-state index contributed by atoms with van der Waals surface area (Å²) in [6, 6.07) is 10.8. The topological polar surface area (TPSA) is 51.4 Å². The van der Waals surface area contributed by atoms with Crippen molar-refractivity contribution in [3.63, 3.8) is 0 Å². The van der Waals surface area contributed by atoms with Crippen molar-refractivity contribution in [2.45, 2.75) is 30.9 Å². The van der Waals surface area contributed by atoms with Crippen LogP contribution in [-0.2, 0) is 6.54 Å². The van der Waals surface area contributed by atoms with Crippen molar-refractivity contribution in [1.82, 2.24) is 20.1 Å². The van der Waals surface area contributed by atoms with Gasteiger partial charge in [-0.25, -0.2) is 0 Å². The number of para-hydroxylation sites is 1. The molecule has 2 aliphatic rings.